The van der Waals surface area contributed by atoms with Crippen LogP contribution in [0.4, 0.5) is 89.3 Å². The van der Waals surface area contributed by atoms with Crippen molar-refractivity contribution < 1.29 is 22.2 Å². The summed E-state index contributed by atoms with van der Waals surface area (Å²) in [6, 6.07) is 62.2. The second-order valence-electron chi connectivity index (χ2n) is 24.1. The highest BCUT2D eigenvalue weighted by molar-refractivity contribution is 7.13. The third-order valence-corrected chi connectivity index (χ3v) is 18.8. The lowest BCUT2D eigenvalue weighted by Crippen LogP contribution is -2.28. The maximum Gasteiger partial charge on any atom is 0.408 e. The molecule has 550 valence electrons. The van der Waals surface area contributed by atoms with Crippen molar-refractivity contribution in [1.82, 2.24) is 0 Å². The molecule has 0 aliphatic carbocycles. The van der Waals surface area contributed by atoms with Crippen molar-refractivity contribution in [2.24, 2.45) is 86.4 Å². The summed E-state index contributed by atoms with van der Waals surface area (Å²) in [4.78, 5) is 13.7. The van der Waals surface area contributed by atoms with Crippen LogP contribution in [0, 0.1) is 27.3 Å². The molecule has 21 nitrogen and oxygen atoms in total. The fourth-order valence-corrected chi connectivity index (χ4v) is 11.7. The normalized spacial score (nSPS) is 10.6. The van der Waals surface area contributed by atoms with E-state index in [0.717, 1.165) is 100 Å². The van der Waals surface area contributed by atoms with E-state index in [1.807, 2.05) is 301 Å². The molecule has 105 heavy (non-hydrogen) atoms. The Morgan fingerprint density at radius 3 is 1.19 bits per heavy atom. The van der Waals surface area contributed by atoms with E-state index in [2.05, 4.69) is 134 Å². The van der Waals surface area contributed by atoms with Gasteiger partial charge in [-0.05, 0) is 185 Å². The SMILES string of the molecule is C.C.C.C.C.CN(C)c1ccc(N=Nc2cc[n+](C)c3ccccc23)cc1.CN(C)c1ccc(N=Nc2ccc3ccccc3[n+]2C)cc1.Cc1cc(N=Nc2ccc(N(C)C)cc2)s[n+]1C.Cc1csc(N=Nc2ccc(N(C)C)cc2)[n+]1C.[C-]#[N+]c1cc(N(C)C)ccc1N=Nc1scc(C)[n+]1C. The van der Waals surface area contributed by atoms with E-state index in [-0.39, 0.29) is 37.1 Å². The summed E-state index contributed by atoms with van der Waals surface area (Å²) in [7, 11) is 30.0. The number of azo groups is 5. The minimum absolute atomic E-state index is 0. The summed E-state index contributed by atoms with van der Waals surface area (Å²) >= 11 is 4.72. The predicted molar refractivity (Wildman–Crippen MR) is 446 cm³/mol. The van der Waals surface area contributed by atoms with Gasteiger partial charge in [0.05, 0.1) is 59.8 Å². The van der Waals surface area contributed by atoms with Gasteiger partial charge in [0.1, 0.15) is 46.7 Å². The van der Waals surface area contributed by atoms with Crippen molar-refractivity contribution in [1.29, 1.82) is 0 Å². The maximum absolute atomic E-state index is 7.25. The Balaban J connectivity index is 0.000000338. The first-order valence-corrected chi connectivity index (χ1v) is 34.5. The molecule has 24 heteroatoms. The Labute approximate surface area is 636 Å². The van der Waals surface area contributed by atoms with Gasteiger partial charge in [0, 0.05) is 146 Å². The van der Waals surface area contributed by atoms with Gasteiger partial charge in [-0.25, -0.2) is 23.1 Å². The lowest BCUT2D eigenvalue weighted by atomic mass is 10.2. The van der Waals surface area contributed by atoms with Crippen LogP contribution < -0.4 is 46.7 Å². The van der Waals surface area contributed by atoms with Gasteiger partial charge in [-0.3, -0.25) is 0 Å². The largest absolute Gasteiger partial charge is 0.408 e. The van der Waals surface area contributed by atoms with E-state index in [4.69, 9.17) is 6.57 Å². The number of hydrogen-bond donors (Lipinski definition) is 0. The minimum Gasteiger partial charge on any atom is -0.379 e. The Morgan fingerprint density at radius 1 is 0.362 bits per heavy atom. The molecule has 5 aromatic heterocycles. The molecule has 0 amide bonds. The van der Waals surface area contributed by atoms with Crippen molar-refractivity contribution in [3.8, 4) is 0 Å². The highest BCUT2D eigenvalue weighted by Crippen LogP contribution is 2.34. The molecular weight excluding hydrogens is 1360 g/mol. The molecule has 0 atom stereocenters. The average molecular weight is 1470 g/mol. The number of pyridine rings is 2. The number of thiazole rings is 2. The molecule has 0 saturated heterocycles. The number of nitrogens with zero attached hydrogens (tertiary/aromatic N) is 21. The van der Waals surface area contributed by atoms with Crippen LogP contribution in [0.15, 0.2) is 256 Å². The van der Waals surface area contributed by atoms with E-state index in [1.165, 1.54) is 28.1 Å². The molecule has 5 heterocycles. The molecule has 0 aliphatic heterocycles. The number of aryl methyl sites for hydroxylation is 6. The van der Waals surface area contributed by atoms with Gasteiger partial charge in [0.25, 0.3) is 0 Å². The second kappa shape index (κ2) is 42.4. The molecule has 0 unspecified atom stereocenters. The van der Waals surface area contributed by atoms with Crippen molar-refractivity contribution in [2.45, 2.75) is 57.9 Å². The predicted octanol–water partition coefficient (Wildman–Crippen LogP) is 22.1. The molecule has 0 aliphatic rings. The number of para-hydroxylation sites is 2. The molecule has 0 N–H and O–H groups in total. The van der Waals surface area contributed by atoms with E-state index < -0.39 is 0 Å². The first-order valence-electron chi connectivity index (χ1n) is 31.9. The first-order chi connectivity index (χ1) is 48.0. The monoisotopic (exact) mass is 1470 g/mol. The van der Waals surface area contributed by atoms with E-state index >= 15 is 0 Å². The Morgan fingerprint density at radius 2 is 0.762 bits per heavy atom. The molecule has 0 fully saturated rings. The maximum atomic E-state index is 7.25. The molecule has 12 aromatic rings. The fraction of sp³-hybridized carbons (Fsp3) is 0.284. The van der Waals surface area contributed by atoms with E-state index in [9.17, 15) is 0 Å². The third-order valence-electron chi connectivity index (χ3n) is 15.8. The summed E-state index contributed by atoms with van der Waals surface area (Å²) < 4.78 is 10.2. The first kappa shape index (κ1) is 88.0. The Bertz CT molecular complexity index is 4840. The quantitative estimate of drug-likeness (QED) is 0.0566. The molecule has 0 bridgehead atoms. The number of rotatable bonds is 15. The number of aromatic nitrogens is 5. The topological polar surface area (TPSA) is 164 Å². The Hall–Kier alpha value is -11.3. The summed E-state index contributed by atoms with van der Waals surface area (Å²) in [5.74, 6) is 0.829. The number of anilines is 5. The van der Waals surface area contributed by atoms with Crippen LogP contribution in [0.25, 0.3) is 26.7 Å². The summed E-state index contributed by atoms with van der Waals surface area (Å²) in [6.45, 7) is 13.4. The molecule has 7 aromatic carbocycles. The van der Waals surface area contributed by atoms with E-state index in [0.29, 0.717) is 11.4 Å². The van der Waals surface area contributed by atoms with Crippen LogP contribution in [0.1, 0.15) is 54.2 Å². The van der Waals surface area contributed by atoms with Crippen LogP contribution >= 0.6 is 34.2 Å². The van der Waals surface area contributed by atoms with Gasteiger partial charge in [0.2, 0.25) is 16.2 Å². The molecular formula is C81H108N21S3+5. The summed E-state index contributed by atoms with van der Waals surface area (Å²) in [5, 5.41) is 51.9. The molecule has 0 spiro atoms. The lowest BCUT2D eigenvalue weighted by Gasteiger charge is -2.12. The second-order valence-corrected chi connectivity index (χ2v) is 26.9. The zero-order chi connectivity index (χ0) is 72.0. The van der Waals surface area contributed by atoms with Crippen LogP contribution in [0.3, 0.4) is 0 Å². The zero-order valence-electron chi connectivity index (χ0n) is 60.2. The van der Waals surface area contributed by atoms with Crippen LogP contribution in [0.2, 0.25) is 0 Å². The summed E-state index contributed by atoms with van der Waals surface area (Å²) in [6.07, 6.45) is 2.01. The van der Waals surface area contributed by atoms with Gasteiger partial charge >= 0.3 is 16.1 Å². The molecule has 0 radical (unpaired) electrons. The standard InChI is InChI=1S/2C18H19N4.C14H16N5S.2C13H17N4S.5CH4/c1-21(2)16-11-9-15(10-12-16)19-20-18-13-8-14-6-4-5-7-17(14)22(18)3;1-21(2)15-10-8-14(9-11-15)19-20-17-12-13-22(3)18-7-5-4-6-16(17)18;1-10-9-20-14(19(10)5)17-16-12-7-6-11(18(3)4)8-13(12)15-2;1-10-9-18-13(17(10)4)15-14-11-5-7-12(8-6-11)16(2)3;1-10-9-13(18-17(10)4)15-14-11-5-7-12(8-6-11)16(2)3;;;;;/h2*4-13H,1-3H3;6-9H,1,3-5H3;2*5-9H,1-4H3;5*1H4/q5*+1;;;;;. The fourth-order valence-electron chi connectivity index (χ4n) is 9.26. The number of hydrogen-bond acceptors (Lipinski definition) is 18. The highest BCUT2D eigenvalue weighted by atomic mass is 32.1. The van der Waals surface area contributed by atoms with Gasteiger partial charge in [-0.2, -0.15) is 5.11 Å². The zero-order valence-corrected chi connectivity index (χ0v) is 62.7. The average Bonchev–Trinajstić information content (AvgIpc) is 1.53. The van der Waals surface area contributed by atoms with Crippen molar-refractivity contribution in [3.63, 3.8) is 0 Å². The minimum atomic E-state index is 0. The van der Waals surface area contributed by atoms with E-state index in [1.54, 1.807) is 22.9 Å². The van der Waals surface area contributed by atoms with Crippen molar-refractivity contribution in [2.75, 3.05) is 95.0 Å². The number of fused-ring (bicyclic) bond motifs is 2. The van der Waals surface area contributed by atoms with Crippen molar-refractivity contribution in [3.05, 3.63) is 234 Å². The van der Waals surface area contributed by atoms with Crippen LogP contribution in [-0.4, -0.2) is 70.5 Å². The van der Waals surface area contributed by atoms with Crippen LogP contribution in [0.5, 0.6) is 0 Å². The summed E-state index contributed by atoms with van der Waals surface area (Å²) in [5.41, 5.74) is 16.8. The Kier molecular flexibility index (Phi) is 35.5. The molecule has 12 rings (SSSR count). The van der Waals surface area contributed by atoms with Crippen molar-refractivity contribution >= 4 is 145 Å². The van der Waals surface area contributed by atoms with Gasteiger partial charge in [-0.15, -0.1) is 19.3 Å². The lowest BCUT2D eigenvalue weighted by molar-refractivity contribution is -0.660. The van der Waals surface area contributed by atoms with Gasteiger partial charge in [0.15, 0.2) is 30.5 Å². The van der Waals surface area contributed by atoms with Gasteiger partial charge in [-0.1, -0.05) is 67.5 Å². The van der Waals surface area contributed by atoms with Crippen LogP contribution in [-0.2, 0) is 35.2 Å². The smallest absolute Gasteiger partial charge is 0.379 e. The highest BCUT2D eigenvalue weighted by Gasteiger charge is 2.16. The molecule has 0 saturated carbocycles. The number of benzene rings is 7. The van der Waals surface area contributed by atoms with Gasteiger partial charge < -0.3 is 24.5 Å². The third kappa shape index (κ3) is 25.0.